The van der Waals surface area contributed by atoms with Gasteiger partial charge in [-0.15, -0.1) is 11.3 Å². The quantitative estimate of drug-likeness (QED) is 0.714. The van der Waals surface area contributed by atoms with Crippen molar-refractivity contribution in [3.63, 3.8) is 0 Å². The maximum Gasteiger partial charge on any atom is 0.184 e. The molecule has 92 valence electrons. The number of benzene rings is 1. The summed E-state index contributed by atoms with van der Waals surface area (Å²) in [7, 11) is 0. The lowest BCUT2D eigenvalue weighted by Gasteiger charge is -1.98. The molecule has 1 aromatic carbocycles. The van der Waals surface area contributed by atoms with Gasteiger partial charge in [-0.25, -0.2) is 4.98 Å². The van der Waals surface area contributed by atoms with Gasteiger partial charge < -0.3 is 11.1 Å². The van der Waals surface area contributed by atoms with Crippen LogP contribution in [0.2, 0.25) is 0 Å². The van der Waals surface area contributed by atoms with E-state index in [1.54, 1.807) is 11.3 Å². The molecular formula is C13H13N3S2. The van der Waals surface area contributed by atoms with Crippen molar-refractivity contribution in [3.8, 4) is 0 Å². The predicted octanol–water partition coefficient (Wildman–Crippen LogP) is 3.86. The molecule has 0 saturated heterocycles. The molecule has 3 nitrogen and oxygen atoms in total. The van der Waals surface area contributed by atoms with Gasteiger partial charge in [0.1, 0.15) is 0 Å². The minimum atomic E-state index is 0.784. The molecule has 0 bridgehead atoms. The van der Waals surface area contributed by atoms with Gasteiger partial charge in [0.05, 0.1) is 16.8 Å². The molecule has 0 radical (unpaired) electrons. The van der Waals surface area contributed by atoms with Crippen molar-refractivity contribution in [2.75, 3.05) is 11.1 Å². The van der Waals surface area contributed by atoms with Crippen LogP contribution in [0.25, 0.3) is 10.2 Å². The third-order valence-electron chi connectivity index (χ3n) is 2.62. The van der Waals surface area contributed by atoms with Crippen molar-refractivity contribution >= 4 is 43.7 Å². The summed E-state index contributed by atoms with van der Waals surface area (Å²) in [6.07, 6.45) is 0. The van der Waals surface area contributed by atoms with E-state index in [0.29, 0.717) is 0 Å². The van der Waals surface area contributed by atoms with Crippen molar-refractivity contribution < 1.29 is 0 Å². The van der Waals surface area contributed by atoms with Gasteiger partial charge in [-0.05, 0) is 37.3 Å². The van der Waals surface area contributed by atoms with Crippen LogP contribution >= 0.6 is 22.7 Å². The van der Waals surface area contributed by atoms with Crippen LogP contribution in [0.3, 0.4) is 0 Å². The van der Waals surface area contributed by atoms with E-state index in [1.165, 1.54) is 9.75 Å². The molecule has 3 rings (SSSR count). The number of nitrogen functional groups attached to an aromatic ring is 1. The van der Waals surface area contributed by atoms with Crippen LogP contribution < -0.4 is 11.1 Å². The van der Waals surface area contributed by atoms with E-state index in [2.05, 4.69) is 29.4 Å². The molecule has 0 spiro atoms. The van der Waals surface area contributed by atoms with Gasteiger partial charge in [0, 0.05) is 15.4 Å². The highest BCUT2D eigenvalue weighted by Gasteiger charge is 2.04. The number of aromatic nitrogens is 1. The maximum absolute atomic E-state index is 5.76. The fraction of sp³-hybridized carbons (Fsp3) is 0.154. The highest BCUT2D eigenvalue weighted by molar-refractivity contribution is 7.22. The summed E-state index contributed by atoms with van der Waals surface area (Å²) >= 11 is 3.45. The van der Waals surface area contributed by atoms with E-state index < -0.39 is 0 Å². The molecule has 3 aromatic rings. The first-order valence-electron chi connectivity index (χ1n) is 5.66. The number of thiazole rings is 1. The molecule has 5 heteroatoms. The molecule has 2 heterocycles. The lowest BCUT2D eigenvalue weighted by molar-refractivity contribution is 1.18. The van der Waals surface area contributed by atoms with Crippen molar-refractivity contribution in [1.82, 2.24) is 4.98 Å². The van der Waals surface area contributed by atoms with E-state index in [9.17, 15) is 0 Å². The molecule has 0 saturated carbocycles. The van der Waals surface area contributed by atoms with Gasteiger partial charge in [-0.1, -0.05) is 11.3 Å². The minimum absolute atomic E-state index is 0.784. The molecule has 0 aliphatic carbocycles. The Hall–Kier alpha value is -1.59. The van der Waals surface area contributed by atoms with Crippen LogP contribution in [0.15, 0.2) is 30.3 Å². The monoisotopic (exact) mass is 275 g/mol. The third kappa shape index (κ3) is 2.32. The third-order valence-corrected chi connectivity index (χ3v) is 4.60. The fourth-order valence-electron chi connectivity index (χ4n) is 1.76. The van der Waals surface area contributed by atoms with Crippen LogP contribution in [-0.2, 0) is 6.54 Å². The molecule has 0 amide bonds. The van der Waals surface area contributed by atoms with Crippen LogP contribution in [0, 0.1) is 6.92 Å². The minimum Gasteiger partial charge on any atom is -0.399 e. The predicted molar refractivity (Wildman–Crippen MR) is 80.4 cm³/mol. The maximum atomic E-state index is 5.76. The first kappa shape index (κ1) is 11.5. The van der Waals surface area contributed by atoms with Crippen LogP contribution in [0.4, 0.5) is 10.8 Å². The summed E-state index contributed by atoms with van der Waals surface area (Å²) in [5.41, 5.74) is 7.54. The van der Waals surface area contributed by atoms with Gasteiger partial charge in [0.25, 0.3) is 0 Å². The van der Waals surface area contributed by atoms with Crippen LogP contribution in [0.5, 0.6) is 0 Å². The Morgan fingerprint density at radius 3 is 2.89 bits per heavy atom. The largest absolute Gasteiger partial charge is 0.399 e. The lowest BCUT2D eigenvalue weighted by atomic mass is 10.3. The van der Waals surface area contributed by atoms with Crippen LogP contribution in [-0.4, -0.2) is 4.98 Å². The first-order valence-corrected chi connectivity index (χ1v) is 7.29. The summed E-state index contributed by atoms with van der Waals surface area (Å²) in [5.74, 6) is 0. The zero-order valence-corrected chi connectivity index (χ0v) is 11.6. The van der Waals surface area contributed by atoms with Crippen molar-refractivity contribution in [2.45, 2.75) is 13.5 Å². The van der Waals surface area contributed by atoms with E-state index in [4.69, 9.17) is 5.73 Å². The number of hydrogen-bond acceptors (Lipinski definition) is 5. The second kappa shape index (κ2) is 4.59. The Labute approximate surface area is 113 Å². The highest BCUT2D eigenvalue weighted by Crippen LogP contribution is 2.28. The summed E-state index contributed by atoms with van der Waals surface area (Å²) in [6.45, 7) is 2.95. The molecule has 0 aliphatic rings. The topological polar surface area (TPSA) is 50.9 Å². The molecule has 0 fully saturated rings. The standard InChI is InChI=1S/C13H13N3S2/c1-8-2-4-10(17-8)7-15-13-16-11-5-3-9(14)6-12(11)18-13/h2-6H,7,14H2,1H3,(H,15,16). The average Bonchev–Trinajstić information content (AvgIpc) is 2.92. The van der Waals surface area contributed by atoms with Crippen molar-refractivity contribution in [1.29, 1.82) is 0 Å². The lowest BCUT2D eigenvalue weighted by Crippen LogP contribution is -1.95. The molecule has 3 N–H and O–H groups in total. The Balaban J connectivity index is 1.78. The molecule has 0 atom stereocenters. The number of nitrogens with zero attached hydrogens (tertiary/aromatic N) is 1. The second-order valence-electron chi connectivity index (χ2n) is 4.11. The average molecular weight is 275 g/mol. The zero-order valence-electron chi connectivity index (χ0n) is 9.93. The Bertz CT molecular complexity index is 684. The molecule has 18 heavy (non-hydrogen) atoms. The zero-order chi connectivity index (χ0) is 12.5. The molecule has 0 aliphatic heterocycles. The summed E-state index contributed by atoms with van der Waals surface area (Å²) < 4.78 is 1.12. The van der Waals surface area contributed by atoms with E-state index >= 15 is 0 Å². The number of fused-ring (bicyclic) bond motifs is 1. The second-order valence-corrected chi connectivity index (χ2v) is 6.52. The number of anilines is 2. The molecule has 0 unspecified atom stereocenters. The number of thiophene rings is 1. The molecule has 2 aromatic heterocycles. The van der Waals surface area contributed by atoms with Gasteiger partial charge in [-0.2, -0.15) is 0 Å². The summed E-state index contributed by atoms with van der Waals surface area (Å²) in [4.78, 5) is 7.19. The smallest absolute Gasteiger partial charge is 0.184 e. The summed E-state index contributed by atoms with van der Waals surface area (Å²) in [5, 5.41) is 4.31. The number of hydrogen-bond donors (Lipinski definition) is 2. The number of nitrogens with one attached hydrogen (secondary N) is 1. The fourth-order valence-corrected chi connectivity index (χ4v) is 3.50. The Kier molecular flexibility index (Phi) is 2.93. The van der Waals surface area contributed by atoms with Gasteiger partial charge in [-0.3, -0.25) is 0 Å². The van der Waals surface area contributed by atoms with Gasteiger partial charge >= 0.3 is 0 Å². The highest BCUT2D eigenvalue weighted by atomic mass is 32.1. The van der Waals surface area contributed by atoms with E-state index in [1.807, 2.05) is 29.5 Å². The van der Waals surface area contributed by atoms with Crippen LogP contribution in [0.1, 0.15) is 9.75 Å². The first-order chi connectivity index (χ1) is 8.70. The van der Waals surface area contributed by atoms with Crippen molar-refractivity contribution in [3.05, 3.63) is 40.1 Å². The Morgan fingerprint density at radius 2 is 2.11 bits per heavy atom. The van der Waals surface area contributed by atoms with Crippen molar-refractivity contribution in [2.24, 2.45) is 0 Å². The molecular weight excluding hydrogens is 262 g/mol. The van der Waals surface area contributed by atoms with E-state index in [0.717, 1.165) is 27.6 Å². The number of aryl methyl sites for hydroxylation is 1. The Morgan fingerprint density at radius 1 is 1.22 bits per heavy atom. The number of nitrogens with two attached hydrogens (primary N) is 1. The summed E-state index contributed by atoms with van der Waals surface area (Å²) in [6, 6.07) is 10.1. The van der Waals surface area contributed by atoms with Gasteiger partial charge in [0.2, 0.25) is 0 Å². The van der Waals surface area contributed by atoms with E-state index in [-0.39, 0.29) is 0 Å². The normalized spacial score (nSPS) is 10.9. The SMILES string of the molecule is Cc1ccc(CNc2nc3ccc(N)cc3s2)s1. The number of rotatable bonds is 3. The van der Waals surface area contributed by atoms with Gasteiger partial charge in [0.15, 0.2) is 5.13 Å².